The van der Waals surface area contributed by atoms with E-state index in [1.165, 1.54) is 97.9 Å². The monoisotopic (exact) mass is 426 g/mol. The van der Waals surface area contributed by atoms with Crippen molar-refractivity contribution in [1.29, 1.82) is 0 Å². The first-order chi connectivity index (χ1) is 15.8. The van der Waals surface area contributed by atoms with Crippen molar-refractivity contribution < 1.29 is 0 Å². The Kier molecular flexibility index (Phi) is 5.50. The highest BCUT2D eigenvalue weighted by Gasteiger charge is 2.25. The standard InChI is InChI=1S/C28H34N4/c1-3-7-27-23(5-1)25(19-29-27)21-9-13-31(14-10-21)17-18-32-15-11-22(12-16-32)26-20-30-28-8-4-2-6-24(26)28/h1-8,19-22,29-30H,9-18H2. The summed E-state index contributed by atoms with van der Waals surface area (Å²) in [5, 5.41) is 2.84. The smallest absolute Gasteiger partial charge is 0.0456 e. The molecule has 4 nitrogen and oxygen atoms in total. The lowest BCUT2D eigenvalue weighted by Crippen LogP contribution is -2.41. The summed E-state index contributed by atoms with van der Waals surface area (Å²) < 4.78 is 0. The van der Waals surface area contributed by atoms with E-state index in [9.17, 15) is 0 Å². The quantitative estimate of drug-likeness (QED) is 0.429. The summed E-state index contributed by atoms with van der Waals surface area (Å²) in [5.74, 6) is 1.41. The number of H-pyrrole nitrogens is 2. The van der Waals surface area contributed by atoms with E-state index in [0.29, 0.717) is 11.8 Å². The van der Waals surface area contributed by atoms with Gasteiger partial charge in [-0.2, -0.15) is 0 Å². The van der Waals surface area contributed by atoms with Crippen molar-refractivity contribution in [3.05, 3.63) is 72.1 Å². The van der Waals surface area contributed by atoms with Gasteiger partial charge in [0.05, 0.1) is 0 Å². The molecule has 0 saturated carbocycles. The number of aromatic nitrogens is 2. The fraction of sp³-hybridized carbons (Fsp3) is 0.429. The van der Waals surface area contributed by atoms with Crippen LogP contribution in [0.3, 0.4) is 0 Å². The fourth-order valence-corrected chi connectivity index (χ4v) is 6.08. The molecule has 2 fully saturated rings. The number of rotatable bonds is 5. The lowest BCUT2D eigenvalue weighted by molar-refractivity contribution is 0.154. The molecule has 2 N–H and O–H groups in total. The van der Waals surface area contributed by atoms with Crippen LogP contribution in [-0.2, 0) is 0 Å². The summed E-state index contributed by atoms with van der Waals surface area (Å²) >= 11 is 0. The van der Waals surface area contributed by atoms with E-state index in [1.54, 1.807) is 0 Å². The first-order valence-electron chi connectivity index (χ1n) is 12.4. The van der Waals surface area contributed by atoms with Crippen molar-refractivity contribution in [2.45, 2.75) is 37.5 Å². The molecule has 32 heavy (non-hydrogen) atoms. The molecule has 6 rings (SSSR count). The number of nitrogens with zero attached hydrogens (tertiary/aromatic N) is 2. The highest BCUT2D eigenvalue weighted by atomic mass is 15.2. The summed E-state index contributed by atoms with van der Waals surface area (Å²) in [6.07, 6.45) is 9.63. The van der Waals surface area contributed by atoms with Crippen LogP contribution in [0.15, 0.2) is 60.9 Å². The van der Waals surface area contributed by atoms with Gasteiger partial charge in [0.25, 0.3) is 0 Å². The molecule has 4 heterocycles. The van der Waals surface area contributed by atoms with Crippen LogP contribution in [0, 0.1) is 0 Å². The topological polar surface area (TPSA) is 38.1 Å². The Balaban J connectivity index is 0.982. The first kappa shape index (κ1) is 20.1. The van der Waals surface area contributed by atoms with Gasteiger partial charge in [-0.3, -0.25) is 0 Å². The molecule has 2 aliphatic rings. The first-order valence-corrected chi connectivity index (χ1v) is 12.4. The number of nitrogens with one attached hydrogen (secondary N) is 2. The molecule has 0 radical (unpaired) electrons. The van der Waals surface area contributed by atoms with E-state index in [4.69, 9.17) is 0 Å². The second kappa shape index (κ2) is 8.76. The number of para-hydroxylation sites is 2. The second-order valence-corrected chi connectivity index (χ2v) is 9.81. The lowest BCUT2D eigenvalue weighted by Gasteiger charge is -2.36. The van der Waals surface area contributed by atoms with E-state index < -0.39 is 0 Å². The molecule has 2 aromatic heterocycles. The van der Waals surface area contributed by atoms with Crippen molar-refractivity contribution in [2.24, 2.45) is 0 Å². The number of hydrogen-bond donors (Lipinski definition) is 2. The van der Waals surface area contributed by atoms with Gasteiger partial charge in [-0.05, 0) is 87.0 Å². The largest absolute Gasteiger partial charge is 0.361 e. The van der Waals surface area contributed by atoms with Gasteiger partial charge >= 0.3 is 0 Å². The van der Waals surface area contributed by atoms with E-state index >= 15 is 0 Å². The van der Waals surface area contributed by atoms with Crippen LogP contribution >= 0.6 is 0 Å². The average Bonchev–Trinajstić information content (AvgIpc) is 3.48. The molecular weight excluding hydrogens is 392 g/mol. The minimum Gasteiger partial charge on any atom is -0.361 e. The molecule has 0 amide bonds. The van der Waals surface area contributed by atoms with Gasteiger partial charge in [0.15, 0.2) is 0 Å². The third kappa shape index (κ3) is 3.87. The van der Waals surface area contributed by atoms with Crippen molar-refractivity contribution in [1.82, 2.24) is 19.8 Å². The maximum atomic E-state index is 3.47. The van der Waals surface area contributed by atoms with Crippen LogP contribution in [0.4, 0.5) is 0 Å². The van der Waals surface area contributed by atoms with Gasteiger partial charge in [-0.1, -0.05) is 36.4 Å². The molecule has 2 aliphatic heterocycles. The number of fused-ring (bicyclic) bond motifs is 2. The molecule has 4 heteroatoms. The number of aromatic amines is 2. The van der Waals surface area contributed by atoms with Crippen molar-refractivity contribution in [2.75, 3.05) is 39.3 Å². The maximum Gasteiger partial charge on any atom is 0.0456 e. The number of piperidine rings is 2. The Hall–Kier alpha value is -2.56. The Morgan fingerprint density at radius 3 is 1.44 bits per heavy atom. The van der Waals surface area contributed by atoms with Crippen molar-refractivity contribution in [3.63, 3.8) is 0 Å². The van der Waals surface area contributed by atoms with Crippen LogP contribution in [0.2, 0.25) is 0 Å². The van der Waals surface area contributed by atoms with E-state index in [0.717, 1.165) is 0 Å². The van der Waals surface area contributed by atoms with E-state index in [-0.39, 0.29) is 0 Å². The van der Waals surface area contributed by atoms with Gasteiger partial charge in [-0.25, -0.2) is 0 Å². The average molecular weight is 427 g/mol. The highest BCUT2D eigenvalue weighted by Crippen LogP contribution is 2.34. The Morgan fingerprint density at radius 1 is 0.594 bits per heavy atom. The molecule has 0 unspecified atom stereocenters. The lowest BCUT2D eigenvalue weighted by atomic mass is 9.89. The predicted molar refractivity (Wildman–Crippen MR) is 133 cm³/mol. The summed E-state index contributed by atoms with van der Waals surface area (Å²) in [6, 6.07) is 17.5. The third-order valence-corrected chi connectivity index (χ3v) is 8.03. The Morgan fingerprint density at radius 2 is 1.00 bits per heavy atom. The Bertz CT molecular complexity index is 1080. The van der Waals surface area contributed by atoms with Crippen LogP contribution < -0.4 is 0 Å². The summed E-state index contributed by atoms with van der Waals surface area (Å²) in [4.78, 5) is 12.3. The normalized spacial score (nSPS) is 19.9. The van der Waals surface area contributed by atoms with Crippen LogP contribution in [0.1, 0.15) is 48.6 Å². The zero-order valence-corrected chi connectivity index (χ0v) is 18.9. The summed E-state index contributed by atoms with van der Waals surface area (Å²) in [5.41, 5.74) is 5.61. The molecule has 2 saturated heterocycles. The number of hydrogen-bond acceptors (Lipinski definition) is 2. The minimum absolute atomic E-state index is 0.703. The molecule has 2 aromatic carbocycles. The highest BCUT2D eigenvalue weighted by molar-refractivity contribution is 5.84. The zero-order valence-electron chi connectivity index (χ0n) is 18.9. The molecule has 0 spiro atoms. The van der Waals surface area contributed by atoms with Gasteiger partial charge in [-0.15, -0.1) is 0 Å². The predicted octanol–water partition coefficient (Wildman–Crippen LogP) is 5.71. The van der Waals surface area contributed by atoms with Gasteiger partial charge in [0.1, 0.15) is 0 Å². The summed E-state index contributed by atoms with van der Waals surface area (Å²) in [7, 11) is 0. The molecule has 0 atom stereocenters. The minimum atomic E-state index is 0.703. The zero-order chi connectivity index (χ0) is 21.3. The van der Waals surface area contributed by atoms with Gasteiger partial charge < -0.3 is 19.8 Å². The van der Waals surface area contributed by atoms with Crippen molar-refractivity contribution in [3.8, 4) is 0 Å². The molecule has 0 bridgehead atoms. The third-order valence-electron chi connectivity index (χ3n) is 8.03. The molecule has 4 aromatic rings. The molecule has 0 aliphatic carbocycles. The summed E-state index contributed by atoms with van der Waals surface area (Å²) in [6.45, 7) is 7.37. The Labute approximate surface area is 190 Å². The van der Waals surface area contributed by atoms with Gasteiger partial charge in [0.2, 0.25) is 0 Å². The second-order valence-electron chi connectivity index (χ2n) is 9.81. The van der Waals surface area contributed by atoms with Gasteiger partial charge in [0, 0.05) is 47.3 Å². The van der Waals surface area contributed by atoms with E-state index in [1.807, 2.05) is 0 Å². The number of benzene rings is 2. The maximum absolute atomic E-state index is 3.47. The molecular formula is C28H34N4. The van der Waals surface area contributed by atoms with Crippen LogP contribution in [0.5, 0.6) is 0 Å². The number of likely N-dealkylation sites (tertiary alicyclic amines) is 2. The van der Waals surface area contributed by atoms with Crippen LogP contribution in [0.25, 0.3) is 21.8 Å². The van der Waals surface area contributed by atoms with Crippen LogP contribution in [-0.4, -0.2) is 59.0 Å². The fourth-order valence-electron chi connectivity index (χ4n) is 6.08. The SMILES string of the molecule is c1ccc2c(C3CCN(CCN4CCC(c5c[nH]c6ccccc56)CC4)CC3)c[nH]c2c1. The van der Waals surface area contributed by atoms with E-state index in [2.05, 4.69) is 80.7 Å². The molecule has 166 valence electrons. The van der Waals surface area contributed by atoms with Crippen molar-refractivity contribution >= 4 is 21.8 Å².